The van der Waals surface area contributed by atoms with Crippen LogP contribution in [-0.4, -0.2) is 25.1 Å². The molecule has 2 nitrogen and oxygen atoms in total. The second-order valence-electron chi connectivity index (χ2n) is 5.53. The number of benzene rings is 2. The minimum Gasteiger partial charge on any atom is -0.496 e. The predicted molar refractivity (Wildman–Crippen MR) is 93.7 cm³/mol. The molecular weight excluding hydrogens is 294 g/mol. The third kappa shape index (κ3) is 4.49. The first kappa shape index (κ1) is 16.9. The van der Waals surface area contributed by atoms with E-state index in [1.807, 2.05) is 18.2 Å². The van der Waals surface area contributed by atoms with Crippen LogP contribution in [0, 0.1) is 6.92 Å². The molecule has 0 aliphatic rings. The Hall–Kier alpha value is -1.51. The van der Waals surface area contributed by atoms with E-state index in [9.17, 15) is 0 Å². The Labute approximate surface area is 138 Å². The minimum absolute atomic E-state index is 0.0847. The topological polar surface area (TPSA) is 12.5 Å². The van der Waals surface area contributed by atoms with Crippen molar-refractivity contribution in [2.45, 2.75) is 25.8 Å². The van der Waals surface area contributed by atoms with E-state index in [2.05, 4.69) is 49.1 Å². The first-order chi connectivity index (χ1) is 10.6. The second-order valence-corrected chi connectivity index (χ2v) is 6.05. The highest BCUT2D eigenvalue weighted by Crippen LogP contribution is 2.31. The van der Waals surface area contributed by atoms with E-state index >= 15 is 0 Å². The van der Waals surface area contributed by atoms with Gasteiger partial charge in [-0.3, -0.25) is 4.90 Å². The third-order valence-corrected chi connectivity index (χ3v) is 4.21. The lowest BCUT2D eigenvalue weighted by Crippen LogP contribution is -2.26. The highest BCUT2D eigenvalue weighted by molar-refractivity contribution is 6.21. The van der Waals surface area contributed by atoms with E-state index in [-0.39, 0.29) is 5.38 Å². The average Bonchev–Trinajstić information content (AvgIpc) is 2.55. The molecule has 0 amide bonds. The molecule has 22 heavy (non-hydrogen) atoms. The van der Waals surface area contributed by atoms with Crippen LogP contribution in [0.3, 0.4) is 0 Å². The zero-order chi connectivity index (χ0) is 15.9. The smallest absolute Gasteiger partial charge is 0.123 e. The number of ether oxygens (including phenoxy) is 1. The first-order valence-corrected chi connectivity index (χ1v) is 8.12. The largest absolute Gasteiger partial charge is 0.496 e. The summed E-state index contributed by atoms with van der Waals surface area (Å²) in [5.41, 5.74) is 3.58. The van der Waals surface area contributed by atoms with E-state index in [4.69, 9.17) is 16.3 Å². The Bertz CT molecular complexity index is 585. The van der Waals surface area contributed by atoms with Crippen molar-refractivity contribution < 1.29 is 4.74 Å². The molecule has 0 N–H and O–H groups in total. The van der Waals surface area contributed by atoms with Crippen molar-refractivity contribution in [3.05, 3.63) is 65.2 Å². The van der Waals surface area contributed by atoms with E-state index < -0.39 is 0 Å². The van der Waals surface area contributed by atoms with Crippen molar-refractivity contribution in [2.75, 3.05) is 20.2 Å². The molecule has 0 bridgehead atoms. The quantitative estimate of drug-likeness (QED) is 0.680. The molecule has 118 valence electrons. The molecule has 2 aromatic rings. The van der Waals surface area contributed by atoms with Crippen molar-refractivity contribution in [1.82, 2.24) is 4.90 Å². The fourth-order valence-electron chi connectivity index (χ4n) is 2.57. The maximum Gasteiger partial charge on any atom is 0.123 e. The maximum atomic E-state index is 6.68. The highest BCUT2D eigenvalue weighted by Gasteiger charge is 2.17. The van der Waals surface area contributed by atoms with Crippen LogP contribution in [0.25, 0.3) is 0 Å². The van der Waals surface area contributed by atoms with Gasteiger partial charge in [-0.15, -0.1) is 11.6 Å². The molecule has 0 radical (unpaired) electrons. The van der Waals surface area contributed by atoms with Crippen molar-refractivity contribution in [1.29, 1.82) is 0 Å². The van der Waals surface area contributed by atoms with Gasteiger partial charge < -0.3 is 4.74 Å². The molecular formula is C19H24ClNO. The number of methoxy groups -OCH3 is 1. The molecule has 0 fully saturated rings. The standard InChI is InChI=1S/C19H24ClNO/c1-4-21(13-16-8-6-5-7-9-16)14-18(20)17-12-15(2)10-11-19(17)22-3/h5-12,18H,4,13-14H2,1-3H3. The predicted octanol–water partition coefficient (Wildman–Crippen LogP) is 4.81. The summed E-state index contributed by atoms with van der Waals surface area (Å²) in [5, 5.41) is -0.0847. The van der Waals surface area contributed by atoms with E-state index in [1.165, 1.54) is 11.1 Å². The van der Waals surface area contributed by atoms with Crippen molar-refractivity contribution in [2.24, 2.45) is 0 Å². The van der Waals surface area contributed by atoms with Crippen LogP contribution in [0.1, 0.15) is 29.0 Å². The van der Waals surface area contributed by atoms with Gasteiger partial charge >= 0.3 is 0 Å². The number of likely N-dealkylation sites (N-methyl/N-ethyl adjacent to an activating group) is 1. The van der Waals surface area contributed by atoms with Gasteiger partial charge in [-0.25, -0.2) is 0 Å². The Kier molecular flexibility index (Phi) is 6.29. The summed E-state index contributed by atoms with van der Waals surface area (Å²) in [7, 11) is 1.69. The van der Waals surface area contributed by atoms with Gasteiger partial charge in [0, 0.05) is 18.7 Å². The average molecular weight is 318 g/mol. The summed E-state index contributed by atoms with van der Waals surface area (Å²) >= 11 is 6.68. The van der Waals surface area contributed by atoms with Gasteiger partial charge in [0.25, 0.3) is 0 Å². The Morgan fingerprint density at radius 1 is 1.14 bits per heavy atom. The molecule has 0 saturated heterocycles. The molecule has 0 aliphatic carbocycles. The number of alkyl halides is 1. The van der Waals surface area contributed by atoms with Crippen molar-refractivity contribution in [3.63, 3.8) is 0 Å². The van der Waals surface area contributed by atoms with Crippen LogP contribution in [0.5, 0.6) is 5.75 Å². The van der Waals surface area contributed by atoms with Crippen LogP contribution in [0.2, 0.25) is 0 Å². The number of hydrogen-bond acceptors (Lipinski definition) is 2. The fourth-order valence-corrected chi connectivity index (χ4v) is 2.94. The van der Waals surface area contributed by atoms with Crippen LogP contribution >= 0.6 is 11.6 Å². The molecule has 2 rings (SSSR count). The SMILES string of the molecule is CCN(Cc1ccccc1)CC(Cl)c1cc(C)ccc1OC. The summed E-state index contributed by atoms with van der Waals surface area (Å²) in [6.45, 7) is 6.92. The number of halogens is 1. The van der Waals surface area contributed by atoms with Gasteiger partial charge in [-0.1, -0.05) is 55.0 Å². The molecule has 1 atom stereocenters. The van der Waals surface area contributed by atoms with Gasteiger partial charge in [0.15, 0.2) is 0 Å². The zero-order valence-corrected chi connectivity index (χ0v) is 14.3. The molecule has 2 aromatic carbocycles. The normalized spacial score (nSPS) is 12.4. The Morgan fingerprint density at radius 2 is 1.86 bits per heavy atom. The molecule has 0 spiro atoms. The molecule has 0 saturated carbocycles. The molecule has 0 aromatic heterocycles. The van der Waals surface area contributed by atoms with Gasteiger partial charge in [-0.05, 0) is 25.1 Å². The highest BCUT2D eigenvalue weighted by atomic mass is 35.5. The van der Waals surface area contributed by atoms with Gasteiger partial charge in [0.1, 0.15) is 5.75 Å². The number of rotatable bonds is 7. The van der Waals surface area contributed by atoms with Gasteiger partial charge in [0.05, 0.1) is 12.5 Å². The number of hydrogen-bond donors (Lipinski definition) is 0. The van der Waals surface area contributed by atoms with Crippen molar-refractivity contribution >= 4 is 11.6 Å². The summed E-state index contributed by atoms with van der Waals surface area (Å²) in [6, 6.07) is 16.7. The van der Waals surface area contributed by atoms with E-state index in [0.29, 0.717) is 0 Å². The lowest BCUT2D eigenvalue weighted by Gasteiger charge is -2.24. The third-order valence-electron chi connectivity index (χ3n) is 3.84. The molecule has 0 aliphatic heterocycles. The first-order valence-electron chi connectivity index (χ1n) is 7.69. The molecule has 1 unspecified atom stereocenters. The number of nitrogens with zero attached hydrogens (tertiary/aromatic N) is 1. The van der Waals surface area contributed by atoms with E-state index in [1.54, 1.807) is 7.11 Å². The summed E-state index contributed by atoms with van der Waals surface area (Å²) < 4.78 is 5.45. The number of aryl methyl sites for hydroxylation is 1. The van der Waals surface area contributed by atoms with Crippen molar-refractivity contribution in [3.8, 4) is 5.75 Å². The Morgan fingerprint density at radius 3 is 2.50 bits per heavy atom. The van der Waals surface area contributed by atoms with Crippen LogP contribution in [0.15, 0.2) is 48.5 Å². The van der Waals surface area contributed by atoms with E-state index in [0.717, 1.165) is 30.9 Å². The van der Waals surface area contributed by atoms with Crippen LogP contribution in [0.4, 0.5) is 0 Å². The van der Waals surface area contributed by atoms with Crippen LogP contribution in [-0.2, 0) is 6.54 Å². The lowest BCUT2D eigenvalue weighted by atomic mass is 10.1. The van der Waals surface area contributed by atoms with Crippen LogP contribution < -0.4 is 4.74 Å². The Balaban J connectivity index is 2.09. The molecule has 3 heteroatoms. The molecule has 0 heterocycles. The van der Waals surface area contributed by atoms with Gasteiger partial charge in [-0.2, -0.15) is 0 Å². The second kappa shape index (κ2) is 8.21. The summed E-state index contributed by atoms with van der Waals surface area (Å²) in [5.74, 6) is 0.862. The maximum absolute atomic E-state index is 6.68. The summed E-state index contributed by atoms with van der Waals surface area (Å²) in [4.78, 5) is 2.36. The zero-order valence-electron chi connectivity index (χ0n) is 13.6. The monoisotopic (exact) mass is 317 g/mol. The minimum atomic E-state index is -0.0847. The van der Waals surface area contributed by atoms with Gasteiger partial charge in [0.2, 0.25) is 0 Å². The summed E-state index contributed by atoms with van der Waals surface area (Å²) in [6.07, 6.45) is 0. The lowest BCUT2D eigenvalue weighted by molar-refractivity contribution is 0.278. The fraction of sp³-hybridized carbons (Fsp3) is 0.368.